The molecule has 4 heteroatoms. The first-order chi connectivity index (χ1) is 5.70. The molecule has 0 fully saturated rings. The summed E-state index contributed by atoms with van der Waals surface area (Å²) in [7, 11) is 0. The summed E-state index contributed by atoms with van der Waals surface area (Å²) in [6, 6.07) is 0. The van der Waals surface area contributed by atoms with Crippen LogP contribution < -0.4 is 0 Å². The molecule has 1 atom stereocenters. The van der Waals surface area contributed by atoms with Crippen molar-refractivity contribution in [2.24, 2.45) is 15.4 Å². The van der Waals surface area contributed by atoms with Gasteiger partial charge in [0.15, 0.2) is 5.17 Å². The predicted molar refractivity (Wildman–Crippen MR) is 52.8 cm³/mol. The Labute approximate surface area is 75.7 Å². The van der Waals surface area contributed by atoms with E-state index < -0.39 is 5.41 Å². The zero-order chi connectivity index (χ0) is 9.03. The summed E-state index contributed by atoms with van der Waals surface area (Å²) in [5, 5.41) is 0.678. The Balaban J connectivity index is 2.90. The van der Waals surface area contributed by atoms with E-state index in [4.69, 9.17) is 0 Å². The van der Waals surface area contributed by atoms with Gasteiger partial charge < -0.3 is 4.79 Å². The van der Waals surface area contributed by atoms with Crippen LogP contribution in [-0.4, -0.2) is 23.9 Å². The number of aldehydes is 1. The van der Waals surface area contributed by atoms with E-state index in [1.165, 1.54) is 11.8 Å². The average Bonchev–Trinajstić information content (AvgIpc) is 2.28. The maximum Gasteiger partial charge on any atom is 0.186 e. The maximum absolute atomic E-state index is 10.6. The van der Waals surface area contributed by atoms with Gasteiger partial charge in [-0.3, -0.25) is 0 Å². The van der Waals surface area contributed by atoms with Gasteiger partial charge in [0.05, 0.1) is 5.41 Å². The molecular formula is C8H10N2OS. The van der Waals surface area contributed by atoms with Crippen molar-refractivity contribution >= 4 is 29.4 Å². The molecule has 0 amide bonds. The third kappa shape index (κ3) is 2.04. The zero-order valence-corrected chi connectivity index (χ0v) is 7.84. The molecule has 1 unspecified atom stereocenters. The quantitative estimate of drug-likeness (QED) is 0.577. The molecule has 1 aliphatic rings. The number of amidine groups is 1. The number of thioether (sulfide) groups is 1. The molecule has 0 aromatic heterocycles. The molecule has 1 rings (SSSR count). The fourth-order valence-corrected chi connectivity index (χ4v) is 1.03. The average molecular weight is 182 g/mol. The lowest BCUT2D eigenvalue weighted by atomic mass is 9.95. The van der Waals surface area contributed by atoms with Gasteiger partial charge in [0.1, 0.15) is 6.29 Å². The number of rotatable bonds is 1. The van der Waals surface area contributed by atoms with Crippen LogP contribution in [0.3, 0.4) is 0 Å². The van der Waals surface area contributed by atoms with Crippen LogP contribution in [0.25, 0.3) is 0 Å². The number of hydrogen-bond donors (Lipinski definition) is 0. The van der Waals surface area contributed by atoms with E-state index in [1.807, 2.05) is 6.26 Å². The second-order valence-electron chi connectivity index (χ2n) is 2.67. The lowest BCUT2D eigenvalue weighted by Crippen LogP contribution is -2.16. The summed E-state index contributed by atoms with van der Waals surface area (Å²) in [5.74, 6) is 0. The van der Waals surface area contributed by atoms with Gasteiger partial charge in [0.2, 0.25) is 0 Å². The van der Waals surface area contributed by atoms with Gasteiger partial charge in [-0.1, -0.05) is 11.8 Å². The van der Waals surface area contributed by atoms with Crippen molar-refractivity contribution in [3.05, 3.63) is 12.3 Å². The molecule has 64 valence electrons. The van der Waals surface area contributed by atoms with Crippen LogP contribution in [0.4, 0.5) is 0 Å². The Morgan fingerprint density at radius 1 is 1.67 bits per heavy atom. The number of hydrogen-bond acceptors (Lipinski definition) is 4. The van der Waals surface area contributed by atoms with Crippen LogP contribution in [0.1, 0.15) is 6.92 Å². The number of allylic oxidation sites excluding steroid dienone is 1. The highest BCUT2D eigenvalue weighted by molar-refractivity contribution is 8.13. The van der Waals surface area contributed by atoms with Crippen molar-refractivity contribution < 1.29 is 4.79 Å². The summed E-state index contributed by atoms with van der Waals surface area (Å²) in [4.78, 5) is 18.7. The number of carbonyl (C=O) groups is 1. The van der Waals surface area contributed by atoms with E-state index >= 15 is 0 Å². The fraction of sp³-hybridized carbons (Fsp3) is 0.375. The van der Waals surface area contributed by atoms with Gasteiger partial charge in [-0.25, -0.2) is 9.98 Å². The minimum Gasteiger partial charge on any atom is -0.302 e. The van der Waals surface area contributed by atoms with Crippen molar-refractivity contribution in [2.45, 2.75) is 6.92 Å². The predicted octanol–water partition coefficient (Wildman–Crippen LogP) is 1.51. The van der Waals surface area contributed by atoms with E-state index in [-0.39, 0.29) is 0 Å². The fourth-order valence-electron chi connectivity index (χ4n) is 0.707. The van der Waals surface area contributed by atoms with Gasteiger partial charge in [-0.05, 0) is 19.3 Å². The highest BCUT2D eigenvalue weighted by atomic mass is 32.2. The summed E-state index contributed by atoms with van der Waals surface area (Å²) in [6.45, 7) is 1.79. The molecule has 0 aliphatic carbocycles. The van der Waals surface area contributed by atoms with Gasteiger partial charge >= 0.3 is 0 Å². The Morgan fingerprint density at radius 2 is 2.42 bits per heavy atom. The van der Waals surface area contributed by atoms with Crippen LogP contribution in [-0.2, 0) is 4.79 Å². The standard InChI is InChI=1S/C8H10N2OS/c1-8(6-11)3-4-9-7(12-2)10-5-8/h3-6H,1-2H3. The smallest absolute Gasteiger partial charge is 0.186 e. The molecular weight excluding hydrogens is 172 g/mol. The van der Waals surface area contributed by atoms with E-state index in [1.54, 1.807) is 25.4 Å². The highest BCUT2D eigenvalue weighted by Crippen LogP contribution is 2.15. The second kappa shape index (κ2) is 3.67. The molecule has 0 aromatic carbocycles. The topological polar surface area (TPSA) is 41.8 Å². The van der Waals surface area contributed by atoms with Gasteiger partial charge in [0.25, 0.3) is 0 Å². The summed E-state index contributed by atoms with van der Waals surface area (Å²) in [5.41, 5.74) is -0.596. The Hall–Kier alpha value is -0.900. The molecule has 0 N–H and O–H groups in total. The molecule has 1 aliphatic heterocycles. The molecule has 0 aromatic rings. The molecule has 0 radical (unpaired) electrons. The Kier molecular flexibility index (Phi) is 2.81. The third-order valence-electron chi connectivity index (χ3n) is 1.51. The molecule has 0 saturated heterocycles. The molecule has 3 nitrogen and oxygen atoms in total. The molecule has 0 saturated carbocycles. The SMILES string of the molecule is CSC1=NC=CC(C)(C=O)C=N1. The Morgan fingerprint density at radius 3 is 3.00 bits per heavy atom. The second-order valence-corrected chi connectivity index (χ2v) is 3.45. The van der Waals surface area contributed by atoms with Crippen molar-refractivity contribution in [2.75, 3.05) is 6.26 Å². The first-order valence-corrected chi connectivity index (χ1v) is 4.74. The van der Waals surface area contributed by atoms with E-state index in [0.717, 1.165) is 6.29 Å². The van der Waals surface area contributed by atoms with Crippen LogP contribution in [0, 0.1) is 5.41 Å². The monoisotopic (exact) mass is 182 g/mol. The number of aliphatic imine (C=N–C) groups is 2. The van der Waals surface area contributed by atoms with Gasteiger partial charge in [-0.15, -0.1) is 0 Å². The lowest BCUT2D eigenvalue weighted by Gasteiger charge is -2.08. The van der Waals surface area contributed by atoms with Crippen LogP contribution in [0.5, 0.6) is 0 Å². The third-order valence-corrected chi connectivity index (χ3v) is 2.08. The molecule has 1 heterocycles. The minimum atomic E-state index is -0.596. The van der Waals surface area contributed by atoms with Gasteiger partial charge in [0, 0.05) is 12.4 Å². The summed E-state index contributed by atoms with van der Waals surface area (Å²) >= 11 is 1.46. The van der Waals surface area contributed by atoms with Crippen LogP contribution in [0.2, 0.25) is 0 Å². The van der Waals surface area contributed by atoms with E-state index in [0.29, 0.717) is 5.17 Å². The van der Waals surface area contributed by atoms with Gasteiger partial charge in [-0.2, -0.15) is 0 Å². The van der Waals surface area contributed by atoms with E-state index in [2.05, 4.69) is 9.98 Å². The number of nitrogens with zero attached hydrogens (tertiary/aromatic N) is 2. The molecule has 0 bridgehead atoms. The van der Waals surface area contributed by atoms with Crippen LogP contribution in [0.15, 0.2) is 22.3 Å². The van der Waals surface area contributed by atoms with Crippen LogP contribution >= 0.6 is 11.8 Å². The highest BCUT2D eigenvalue weighted by Gasteiger charge is 2.18. The maximum atomic E-state index is 10.6. The van der Waals surface area contributed by atoms with E-state index in [9.17, 15) is 4.79 Å². The first kappa shape index (κ1) is 9.19. The van der Waals surface area contributed by atoms with Crippen molar-refractivity contribution in [3.63, 3.8) is 0 Å². The largest absolute Gasteiger partial charge is 0.302 e. The molecule has 0 spiro atoms. The number of carbonyl (C=O) groups excluding carboxylic acids is 1. The zero-order valence-electron chi connectivity index (χ0n) is 7.02. The summed E-state index contributed by atoms with van der Waals surface area (Å²) < 4.78 is 0. The van der Waals surface area contributed by atoms with Crippen molar-refractivity contribution in [1.82, 2.24) is 0 Å². The summed E-state index contributed by atoms with van der Waals surface area (Å²) in [6.07, 6.45) is 7.71. The van der Waals surface area contributed by atoms with Crippen molar-refractivity contribution in [1.29, 1.82) is 0 Å². The normalized spacial score (nSPS) is 28.0. The molecule has 12 heavy (non-hydrogen) atoms. The van der Waals surface area contributed by atoms with Crippen molar-refractivity contribution in [3.8, 4) is 0 Å². The first-order valence-electron chi connectivity index (χ1n) is 3.51. The lowest BCUT2D eigenvalue weighted by molar-refractivity contribution is -0.111. The Bertz CT molecular complexity index is 270. The minimum absolute atomic E-state index is 0.596.